The highest BCUT2D eigenvalue weighted by Crippen LogP contribution is 2.30. The van der Waals surface area contributed by atoms with Gasteiger partial charge in [0.05, 0.1) is 17.0 Å². The van der Waals surface area contributed by atoms with E-state index in [2.05, 4.69) is 21.6 Å². The van der Waals surface area contributed by atoms with Gasteiger partial charge in [0.15, 0.2) is 5.78 Å². The van der Waals surface area contributed by atoms with Crippen molar-refractivity contribution in [3.63, 3.8) is 0 Å². The summed E-state index contributed by atoms with van der Waals surface area (Å²) in [6.07, 6.45) is 4.99. The molecule has 2 N–H and O–H groups in total. The summed E-state index contributed by atoms with van der Waals surface area (Å²) in [4.78, 5) is 13.3. The average molecular weight is 615 g/mol. The van der Waals surface area contributed by atoms with E-state index in [0.717, 1.165) is 68.8 Å². The number of sulfonamides is 1. The fourth-order valence-electron chi connectivity index (χ4n) is 6.18. The summed E-state index contributed by atoms with van der Waals surface area (Å²) in [6, 6.07) is 8.44. The molecule has 3 aliphatic rings. The SMILES string of the molecule is O=C(Cc1n[nH]c2c1CN(S(=O)(=O)c1cc(F)cc(F)c1)CC2)c1ccc(CC2CCOCC2)cc1NC1CCOCC1. The van der Waals surface area contributed by atoms with Crippen LogP contribution in [0.3, 0.4) is 0 Å². The van der Waals surface area contributed by atoms with Crippen molar-refractivity contribution in [1.82, 2.24) is 14.5 Å². The van der Waals surface area contributed by atoms with Gasteiger partial charge in [0.2, 0.25) is 10.0 Å². The third kappa shape index (κ3) is 6.82. The molecule has 230 valence electrons. The van der Waals surface area contributed by atoms with Crippen molar-refractivity contribution < 1.29 is 31.5 Å². The second-order valence-electron chi connectivity index (χ2n) is 11.6. The van der Waals surface area contributed by atoms with Crippen LogP contribution in [-0.4, -0.2) is 67.7 Å². The summed E-state index contributed by atoms with van der Waals surface area (Å²) in [6.45, 7) is 2.97. The Hall–Kier alpha value is -3.19. The third-order valence-electron chi connectivity index (χ3n) is 8.62. The number of hydrogen-bond acceptors (Lipinski definition) is 7. The number of aromatic amines is 1. The first-order valence-corrected chi connectivity index (χ1v) is 16.3. The molecule has 9 nitrogen and oxygen atoms in total. The van der Waals surface area contributed by atoms with E-state index >= 15 is 0 Å². The summed E-state index contributed by atoms with van der Waals surface area (Å²) in [5.41, 5.74) is 4.37. The highest BCUT2D eigenvalue weighted by molar-refractivity contribution is 7.89. The van der Waals surface area contributed by atoms with Gasteiger partial charge in [-0.1, -0.05) is 6.07 Å². The minimum Gasteiger partial charge on any atom is -0.382 e. The van der Waals surface area contributed by atoms with Crippen molar-refractivity contribution in [2.24, 2.45) is 5.92 Å². The molecular formula is C31H36F2N4O5S. The van der Waals surface area contributed by atoms with Crippen LogP contribution in [0.15, 0.2) is 41.3 Å². The van der Waals surface area contributed by atoms with Crippen LogP contribution in [0, 0.1) is 17.6 Å². The molecule has 3 aromatic rings. The molecule has 0 aliphatic carbocycles. The van der Waals surface area contributed by atoms with Gasteiger partial charge in [0.1, 0.15) is 11.6 Å². The zero-order valence-electron chi connectivity index (χ0n) is 23.9. The molecule has 0 radical (unpaired) electrons. The molecule has 2 fully saturated rings. The maximum Gasteiger partial charge on any atom is 0.243 e. The van der Waals surface area contributed by atoms with E-state index in [1.165, 1.54) is 9.87 Å². The topological polar surface area (TPSA) is 114 Å². The van der Waals surface area contributed by atoms with Gasteiger partial charge in [-0.3, -0.25) is 9.89 Å². The lowest BCUT2D eigenvalue weighted by Crippen LogP contribution is -2.36. The van der Waals surface area contributed by atoms with E-state index in [4.69, 9.17) is 9.47 Å². The number of H-pyrrole nitrogens is 1. The Morgan fingerprint density at radius 1 is 1.00 bits per heavy atom. The molecule has 6 rings (SSSR count). The summed E-state index contributed by atoms with van der Waals surface area (Å²) in [7, 11) is -4.17. The van der Waals surface area contributed by atoms with Crippen molar-refractivity contribution >= 4 is 21.5 Å². The number of aromatic nitrogens is 2. The molecular weight excluding hydrogens is 578 g/mol. The standard InChI is InChI=1S/C31H36F2N4O5S/c32-22-15-23(33)17-25(16-22)43(39,40)37-8-3-28-27(19-37)30(36-35-28)18-31(38)26-2-1-21(13-20-4-9-41-10-5-20)14-29(26)34-24-6-11-42-12-7-24/h1-2,14-17,20,24,34H,3-13,18-19H2,(H,35,36). The molecule has 0 bridgehead atoms. The number of nitrogens with one attached hydrogen (secondary N) is 2. The van der Waals surface area contributed by atoms with Crippen LogP contribution in [-0.2, 0) is 45.3 Å². The van der Waals surface area contributed by atoms with E-state index in [-0.39, 0.29) is 31.3 Å². The Labute approximate surface area is 250 Å². The summed E-state index contributed by atoms with van der Waals surface area (Å²) >= 11 is 0. The number of halogens is 2. The number of ether oxygens (including phenoxy) is 2. The summed E-state index contributed by atoms with van der Waals surface area (Å²) in [5.74, 6) is -1.51. The number of anilines is 1. The van der Waals surface area contributed by atoms with Crippen molar-refractivity contribution in [1.29, 1.82) is 0 Å². The molecule has 0 saturated carbocycles. The molecule has 0 spiro atoms. The van der Waals surface area contributed by atoms with Gasteiger partial charge >= 0.3 is 0 Å². The van der Waals surface area contributed by atoms with E-state index in [0.29, 0.717) is 48.4 Å². The van der Waals surface area contributed by atoms with Crippen LogP contribution in [0.25, 0.3) is 0 Å². The number of ketones is 1. The lowest BCUT2D eigenvalue weighted by molar-refractivity contribution is 0.0665. The number of Topliss-reactive ketones (excluding diaryl/α,β-unsaturated/α-hetero) is 1. The van der Waals surface area contributed by atoms with Gasteiger partial charge in [-0.25, -0.2) is 17.2 Å². The van der Waals surface area contributed by atoms with Crippen LogP contribution < -0.4 is 5.32 Å². The minimum absolute atomic E-state index is 0.0178. The van der Waals surface area contributed by atoms with Crippen molar-refractivity contribution in [2.45, 2.75) is 62.4 Å². The number of nitrogens with zero attached hydrogens (tertiary/aromatic N) is 2. The van der Waals surface area contributed by atoms with Crippen molar-refractivity contribution in [2.75, 3.05) is 38.3 Å². The van der Waals surface area contributed by atoms with E-state index < -0.39 is 26.6 Å². The molecule has 2 saturated heterocycles. The Balaban J connectivity index is 1.22. The molecule has 0 amide bonds. The second kappa shape index (κ2) is 12.8. The number of carbonyl (C=O) groups is 1. The quantitative estimate of drug-likeness (QED) is 0.343. The highest BCUT2D eigenvalue weighted by atomic mass is 32.2. The van der Waals surface area contributed by atoms with E-state index in [1.807, 2.05) is 12.1 Å². The summed E-state index contributed by atoms with van der Waals surface area (Å²) in [5, 5.41) is 11.0. The van der Waals surface area contributed by atoms with Crippen LogP contribution in [0.2, 0.25) is 0 Å². The molecule has 0 atom stereocenters. The van der Waals surface area contributed by atoms with Crippen LogP contribution in [0.5, 0.6) is 0 Å². The first-order valence-electron chi connectivity index (χ1n) is 14.9. The summed E-state index contributed by atoms with van der Waals surface area (Å²) < 4.78 is 66.4. The zero-order chi connectivity index (χ0) is 30.0. The Bertz CT molecular complexity index is 1560. The van der Waals surface area contributed by atoms with E-state index in [9.17, 15) is 22.0 Å². The van der Waals surface area contributed by atoms with E-state index in [1.54, 1.807) is 0 Å². The van der Waals surface area contributed by atoms with Crippen LogP contribution in [0.1, 0.15) is 58.6 Å². The lowest BCUT2D eigenvalue weighted by Gasteiger charge is -2.27. The van der Waals surface area contributed by atoms with Gasteiger partial charge in [-0.15, -0.1) is 0 Å². The monoisotopic (exact) mass is 614 g/mol. The number of rotatable bonds is 9. The normalized spacial score (nSPS) is 18.8. The molecule has 12 heteroatoms. The Kier molecular flexibility index (Phi) is 8.90. The Morgan fingerprint density at radius 3 is 2.42 bits per heavy atom. The predicted molar refractivity (Wildman–Crippen MR) is 155 cm³/mol. The van der Waals surface area contributed by atoms with Crippen LogP contribution >= 0.6 is 0 Å². The molecule has 2 aromatic carbocycles. The van der Waals surface area contributed by atoms with Gasteiger partial charge in [0, 0.05) is 80.6 Å². The second-order valence-corrected chi connectivity index (χ2v) is 13.5. The number of fused-ring (bicyclic) bond motifs is 1. The fourth-order valence-corrected chi connectivity index (χ4v) is 7.63. The molecule has 1 aromatic heterocycles. The maximum absolute atomic E-state index is 13.8. The van der Waals surface area contributed by atoms with Gasteiger partial charge in [0.25, 0.3) is 0 Å². The van der Waals surface area contributed by atoms with Gasteiger partial charge in [-0.05, 0) is 67.9 Å². The molecule has 3 aliphatic heterocycles. The average Bonchev–Trinajstić information content (AvgIpc) is 3.39. The Morgan fingerprint density at radius 2 is 1.70 bits per heavy atom. The zero-order valence-corrected chi connectivity index (χ0v) is 24.7. The number of benzene rings is 2. The largest absolute Gasteiger partial charge is 0.382 e. The smallest absolute Gasteiger partial charge is 0.243 e. The minimum atomic E-state index is -4.17. The number of carbonyl (C=O) groups excluding carboxylic acids is 1. The molecule has 0 unspecified atom stereocenters. The van der Waals surface area contributed by atoms with Crippen molar-refractivity contribution in [3.8, 4) is 0 Å². The first kappa shape index (κ1) is 29.9. The number of hydrogen-bond donors (Lipinski definition) is 2. The maximum atomic E-state index is 13.8. The highest BCUT2D eigenvalue weighted by Gasteiger charge is 2.32. The fraction of sp³-hybridized carbons (Fsp3) is 0.484. The first-order chi connectivity index (χ1) is 20.8. The third-order valence-corrected chi connectivity index (χ3v) is 10.4. The lowest BCUT2D eigenvalue weighted by atomic mass is 9.90. The van der Waals surface area contributed by atoms with Crippen LogP contribution in [0.4, 0.5) is 14.5 Å². The molecule has 43 heavy (non-hydrogen) atoms. The van der Waals surface area contributed by atoms with Gasteiger partial charge in [-0.2, -0.15) is 9.40 Å². The predicted octanol–water partition coefficient (Wildman–Crippen LogP) is 4.42. The van der Waals surface area contributed by atoms with Gasteiger partial charge < -0.3 is 14.8 Å². The van der Waals surface area contributed by atoms with Crippen molar-refractivity contribution in [3.05, 3.63) is 76.1 Å². The molecule has 4 heterocycles.